The summed E-state index contributed by atoms with van der Waals surface area (Å²) in [7, 11) is 1.49. The molecule has 1 unspecified atom stereocenters. The second-order valence-corrected chi connectivity index (χ2v) is 5.50. The first-order valence-corrected chi connectivity index (χ1v) is 6.80. The van der Waals surface area contributed by atoms with E-state index in [0.717, 1.165) is 12.8 Å². The first-order valence-electron chi connectivity index (χ1n) is 6.80. The average molecular weight is 301 g/mol. The molecular weight excluding hydrogens is 283 g/mol. The van der Waals surface area contributed by atoms with Crippen LogP contribution in [0.4, 0.5) is 24.8 Å². The number of rotatable bonds is 5. The molecule has 116 valence electrons. The maximum absolute atomic E-state index is 12.3. The third kappa shape index (κ3) is 3.40. The van der Waals surface area contributed by atoms with Crippen LogP contribution >= 0.6 is 0 Å². The molecule has 1 aromatic heterocycles. The van der Waals surface area contributed by atoms with Crippen LogP contribution < -0.4 is 10.6 Å². The predicted octanol–water partition coefficient (Wildman–Crippen LogP) is 2.70. The number of aromatic nitrogens is 2. The first kappa shape index (κ1) is 15.5. The summed E-state index contributed by atoms with van der Waals surface area (Å²) in [5.74, 6) is 0.921. The molecule has 0 saturated heterocycles. The Hall–Kier alpha value is -1.91. The van der Waals surface area contributed by atoms with E-state index in [-0.39, 0.29) is 29.8 Å². The van der Waals surface area contributed by atoms with Crippen molar-refractivity contribution in [2.75, 3.05) is 24.2 Å². The standard InChI is InChI=1S/C13H18F3N5/c1-8(9-3-4-9)21-11(18)10(7-17)12(19-21)20(2)6-5-13(14,15)16/h8-9H,3-6,18H2,1-2H3. The summed E-state index contributed by atoms with van der Waals surface area (Å²) in [5, 5.41) is 13.5. The van der Waals surface area contributed by atoms with Gasteiger partial charge in [-0.15, -0.1) is 0 Å². The maximum atomic E-state index is 12.3. The Morgan fingerprint density at radius 2 is 2.14 bits per heavy atom. The number of nitrogens with two attached hydrogens (primary N) is 1. The monoisotopic (exact) mass is 301 g/mol. The zero-order valence-electron chi connectivity index (χ0n) is 12.0. The molecule has 0 aliphatic heterocycles. The molecule has 1 aliphatic carbocycles. The molecule has 0 amide bonds. The summed E-state index contributed by atoms with van der Waals surface area (Å²) in [4.78, 5) is 1.33. The fourth-order valence-corrected chi connectivity index (χ4v) is 2.30. The van der Waals surface area contributed by atoms with Crippen LogP contribution in [0.25, 0.3) is 0 Å². The van der Waals surface area contributed by atoms with Gasteiger partial charge in [-0.05, 0) is 25.7 Å². The van der Waals surface area contributed by atoms with E-state index in [1.54, 1.807) is 4.68 Å². The van der Waals surface area contributed by atoms with Gasteiger partial charge < -0.3 is 10.6 Å². The van der Waals surface area contributed by atoms with E-state index in [0.29, 0.717) is 5.92 Å². The van der Waals surface area contributed by atoms with Crippen LogP contribution in [-0.2, 0) is 0 Å². The highest BCUT2D eigenvalue weighted by Gasteiger charge is 2.33. The zero-order chi connectivity index (χ0) is 15.8. The molecule has 2 rings (SSSR count). The van der Waals surface area contributed by atoms with E-state index in [9.17, 15) is 18.4 Å². The van der Waals surface area contributed by atoms with Crippen LogP contribution in [-0.4, -0.2) is 29.5 Å². The smallest absolute Gasteiger partial charge is 0.383 e. The van der Waals surface area contributed by atoms with Crippen molar-refractivity contribution < 1.29 is 13.2 Å². The molecule has 0 spiro atoms. The molecule has 21 heavy (non-hydrogen) atoms. The van der Waals surface area contributed by atoms with Crippen LogP contribution in [0.3, 0.4) is 0 Å². The molecule has 0 bridgehead atoms. The maximum Gasteiger partial charge on any atom is 0.390 e. The Balaban J connectivity index is 2.22. The number of nitrogens with zero attached hydrogens (tertiary/aromatic N) is 4. The van der Waals surface area contributed by atoms with Gasteiger partial charge in [0.15, 0.2) is 5.82 Å². The lowest BCUT2D eigenvalue weighted by Gasteiger charge is -2.18. The lowest BCUT2D eigenvalue weighted by atomic mass is 10.2. The predicted molar refractivity (Wildman–Crippen MR) is 72.7 cm³/mol. The van der Waals surface area contributed by atoms with Gasteiger partial charge in [0.25, 0.3) is 0 Å². The number of nitrogen functional groups attached to an aromatic ring is 1. The minimum absolute atomic E-state index is 0.0573. The van der Waals surface area contributed by atoms with Gasteiger partial charge in [0.2, 0.25) is 0 Å². The summed E-state index contributed by atoms with van der Waals surface area (Å²) in [6.45, 7) is 1.70. The van der Waals surface area contributed by atoms with Gasteiger partial charge in [-0.25, -0.2) is 4.68 Å². The molecule has 2 N–H and O–H groups in total. The third-order valence-electron chi connectivity index (χ3n) is 3.82. The van der Waals surface area contributed by atoms with E-state index in [1.165, 1.54) is 11.9 Å². The minimum Gasteiger partial charge on any atom is -0.383 e. The molecule has 1 aliphatic rings. The summed E-state index contributed by atoms with van der Waals surface area (Å²) in [6, 6.07) is 2.00. The highest BCUT2D eigenvalue weighted by molar-refractivity contribution is 5.64. The summed E-state index contributed by atoms with van der Waals surface area (Å²) in [5.41, 5.74) is 6.08. The lowest BCUT2D eigenvalue weighted by Crippen LogP contribution is -2.25. The van der Waals surface area contributed by atoms with Crippen LogP contribution in [0.5, 0.6) is 0 Å². The topological polar surface area (TPSA) is 70.9 Å². The third-order valence-corrected chi connectivity index (χ3v) is 3.82. The molecule has 1 saturated carbocycles. The fraction of sp³-hybridized carbons (Fsp3) is 0.692. The zero-order valence-corrected chi connectivity index (χ0v) is 12.0. The fourth-order valence-electron chi connectivity index (χ4n) is 2.30. The summed E-state index contributed by atoms with van der Waals surface area (Å²) < 4.78 is 38.5. The van der Waals surface area contributed by atoms with Crippen molar-refractivity contribution in [1.82, 2.24) is 9.78 Å². The Bertz CT molecular complexity index is 553. The molecule has 1 heterocycles. The summed E-state index contributed by atoms with van der Waals surface area (Å²) in [6.07, 6.45) is -3.03. The van der Waals surface area contributed by atoms with Crippen molar-refractivity contribution in [3.63, 3.8) is 0 Å². The van der Waals surface area contributed by atoms with Crippen molar-refractivity contribution in [3.05, 3.63) is 5.56 Å². The van der Waals surface area contributed by atoms with Gasteiger partial charge >= 0.3 is 6.18 Å². The Morgan fingerprint density at radius 3 is 2.62 bits per heavy atom. The van der Waals surface area contributed by atoms with Gasteiger partial charge in [-0.3, -0.25) is 0 Å². The van der Waals surface area contributed by atoms with Crippen LogP contribution in [0.15, 0.2) is 0 Å². The van der Waals surface area contributed by atoms with Gasteiger partial charge in [-0.1, -0.05) is 0 Å². The van der Waals surface area contributed by atoms with Crippen molar-refractivity contribution >= 4 is 11.6 Å². The molecule has 1 atom stereocenters. The Labute approximate surface area is 121 Å². The van der Waals surface area contributed by atoms with E-state index >= 15 is 0 Å². The molecular formula is C13H18F3N5. The lowest BCUT2D eigenvalue weighted by molar-refractivity contribution is -0.132. The Kier molecular flexibility index (Phi) is 4.03. The number of hydrogen-bond acceptors (Lipinski definition) is 4. The highest BCUT2D eigenvalue weighted by atomic mass is 19.4. The van der Waals surface area contributed by atoms with Crippen LogP contribution in [0.2, 0.25) is 0 Å². The van der Waals surface area contributed by atoms with Crippen LogP contribution in [0, 0.1) is 17.2 Å². The van der Waals surface area contributed by atoms with E-state index < -0.39 is 12.6 Å². The van der Waals surface area contributed by atoms with E-state index in [2.05, 4.69) is 5.10 Å². The van der Waals surface area contributed by atoms with Crippen molar-refractivity contribution in [1.29, 1.82) is 5.26 Å². The number of anilines is 2. The van der Waals surface area contributed by atoms with Gasteiger partial charge in [0, 0.05) is 13.6 Å². The van der Waals surface area contributed by atoms with Gasteiger partial charge in [0.05, 0.1) is 12.5 Å². The number of hydrogen-bond donors (Lipinski definition) is 1. The quantitative estimate of drug-likeness (QED) is 0.907. The van der Waals surface area contributed by atoms with Crippen molar-refractivity contribution in [2.45, 2.75) is 38.4 Å². The van der Waals surface area contributed by atoms with E-state index in [4.69, 9.17) is 5.73 Å². The number of alkyl halides is 3. The van der Waals surface area contributed by atoms with Crippen molar-refractivity contribution in [3.8, 4) is 6.07 Å². The molecule has 1 fully saturated rings. The molecule has 0 radical (unpaired) electrons. The largest absolute Gasteiger partial charge is 0.390 e. The van der Waals surface area contributed by atoms with Crippen molar-refractivity contribution in [2.24, 2.45) is 5.92 Å². The van der Waals surface area contributed by atoms with E-state index in [1.807, 2.05) is 13.0 Å². The summed E-state index contributed by atoms with van der Waals surface area (Å²) >= 11 is 0. The Morgan fingerprint density at radius 1 is 1.52 bits per heavy atom. The molecule has 8 heteroatoms. The molecule has 1 aromatic rings. The SMILES string of the molecule is CC(C1CC1)n1nc(N(C)CCC(F)(F)F)c(C#N)c1N. The normalized spacial score (nSPS) is 16.6. The molecule has 0 aromatic carbocycles. The second-order valence-electron chi connectivity index (χ2n) is 5.50. The highest BCUT2D eigenvalue weighted by Crippen LogP contribution is 2.41. The average Bonchev–Trinajstić information content (AvgIpc) is 3.18. The van der Waals surface area contributed by atoms with Gasteiger partial charge in [0.1, 0.15) is 17.5 Å². The number of halogens is 3. The minimum atomic E-state index is -4.24. The molecule has 5 nitrogen and oxygen atoms in total. The van der Waals surface area contributed by atoms with Crippen LogP contribution in [0.1, 0.15) is 37.8 Å². The van der Waals surface area contributed by atoms with Gasteiger partial charge in [-0.2, -0.15) is 23.5 Å². The second kappa shape index (κ2) is 5.47. The first-order chi connectivity index (χ1) is 9.74. The number of nitriles is 1.